The van der Waals surface area contributed by atoms with Gasteiger partial charge in [-0.25, -0.2) is 9.67 Å². The maximum absolute atomic E-state index is 12.7. The molecule has 174 valence electrons. The average Bonchev–Trinajstić information content (AvgIpc) is 3.22. The van der Waals surface area contributed by atoms with E-state index in [2.05, 4.69) is 25.5 Å². The number of nitrogens with one attached hydrogen (secondary N) is 1. The first-order chi connectivity index (χ1) is 15.8. The number of hydrogen-bond donors (Lipinski definition) is 3. The predicted molar refractivity (Wildman–Crippen MR) is 123 cm³/mol. The number of thiazole rings is 1. The summed E-state index contributed by atoms with van der Waals surface area (Å²) in [5.41, 5.74) is 5.98. The van der Waals surface area contributed by atoms with Gasteiger partial charge in [-0.1, -0.05) is 16.9 Å². The van der Waals surface area contributed by atoms with Crippen LogP contribution in [0.3, 0.4) is 0 Å². The fourth-order valence-electron chi connectivity index (χ4n) is 3.06. The van der Waals surface area contributed by atoms with Gasteiger partial charge in [0.15, 0.2) is 16.0 Å². The Morgan fingerprint density at radius 3 is 2.94 bits per heavy atom. The summed E-state index contributed by atoms with van der Waals surface area (Å²) >= 11 is 3.93. The first-order valence-corrected chi connectivity index (χ1v) is 12.2. The second-order valence-corrected chi connectivity index (χ2v) is 9.75. The van der Waals surface area contributed by atoms with E-state index in [4.69, 9.17) is 10.6 Å². The van der Waals surface area contributed by atoms with Crippen molar-refractivity contribution in [3.8, 4) is 5.88 Å². The van der Waals surface area contributed by atoms with Crippen LogP contribution in [0.5, 0.6) is 5.88 Å². The molecule has 2 amide bonds. The van der Waals surface area contributed by atoms with Crippen LogP contribution in [0.25, 0.3) is 0 Å². The van der Waals surface area contributed by atoms with E-state index in [9.17, 15) is 19.5 Å². The maximum Gasteiger partial charge on any atom is 0.336 e. The maximum atomic E-state index is 12.7. The Morgan fingerprint density at radius 2 is 2.24 bits per heavy atom. The second kappa shape index (κ2) is 9.40. The lowest BCUT2D eigenvalue weighted by Crippen LogP contribution is -2.69. The van der Waals surface area contributed by atoms with Gasteiger partial charge in [-0.3, -0.25) is 14.4 Å². The van der Waals surface area contributed by atoms with E-state index in [1.165, 1.54) is 35.3 Å². The van der Waals surface area contributed by atoms with E-state index in [1.807, 2.05) is 0 Å². The van der Waals surface area contributed by atoms with Crippen molar-refractivity contribution >= 4 is 57.5 Å². The number of oxime groups is 1. The third-order valence-electron chi connectivity index (χ3n) is 4.59. The zero-order valence-corrected chi connectivity index (χ0v) is 19.7. The number of carbonyl (C=O) groups excluding carboxylic acids is 2. The molecule has 4 N–H and O–H groups in total. The SMILES string of the molecule is CO/N=C(\C(=O)N[C@@H]1C(=O)N2C=C(CSc3nc(=O)c(O)nn3C)CS[C@H]12)c1csc(N)n1. The van der Waals surface area contributed by atoms with Crippen LogP contribution in [-0.4, -0.2) is 77.3 Å². The van der Waals surface area contributed by atoms with Crippen molar-refractivity contribution in [2.24, 2.45) is 12.2 Å². The molecule has 2 aromatic rings. The quantitative estimate of drug-likeness (QED) is 0.186. The lowest BCUT2D eigenvalue weighted by molar-refractivity contribution is -0.143. The van der Waals surface area contributed by atoms with Crippen molar-refractivity contribution in [1.29, 1.82) is 0 Å². The molecule has 1 fully saturated rings. The van der Waals surface area contributed by atoms with E-state index in [0.717, 1.165) is 16.9 Å². The number of aromatic nitrogens is 4. The Morgan fingerprint density at radius 1 is 1.45 bits per heavy atom. The summed E-state index contributed by atoms with van der Waals surface area (Å²) in [6, 6.07) is -0.713. The Balaban J connectivity index is 1.39. The van der Waals surface area contributed by atoms with Crippen LogP contribution in [0, 0.1) is 0 Å². The van der Waals surface area contributed by atoms with Gasteiger partial charge in [0.25, 0.3) is 17.7 Å². The number of rotatable bonds is 7. The molecule has 0 aromatic carbocycles. The molecule has 0 bridgehead atoms. The molecule has 2 atom stereocenters. The van der Waals surface area contributed by atoms with E-state index in [0.29, 0.717) is 16.7 Å². The van der Waals surface area contributed by atoms with Gasteiger partial charge in [-0.2, -0.15) is 4.98 Å². The molecule has 4 heterocycles. The van der Waals surface area contributed by atoms with Crippen molar-refractivity contribution < 1.29 is 19.5 Å². The Labute approximate surface area is 199 Å². The van der Waals surface area contributed by atoms with Gasteiger partial charge in [0.2, 0.25) is 0 Å². The van der Waals surface area contributed by atoms with Gasteiger partial charge in [-0.05, 0) is 5.57 Å². The summed E-state index contributed by atoms with van der Waals surface area (Å²) in [7, 11) is 2.88. The molecule has 0 saturated carbocycles. The summed E-state index contributed by atoms with van der Waals surface area (Å²) in [6.07, 6.45) is 1.75. The normalized spacial score (nSPS) is 20.1. The highest BCUT2D eigenvalue weighted by Crippen LogP contribution is 2.37. The summed E-state index contributed by atoms with van der Waals surface area (Å²) in [5.74, 6) is -0.404. The highest BCUT2D eigenvalue weighted by molar-refractivity contribution is 8.01. The fourth-order valence-corrected chi connectivity index (χ4v) is 5.87. The number of aryl methyl sites for hydroxylation is 1. The van der Waals surface area contributed by atoms with Crippen LogP contribution < -0.4 is 16.6 Å². The first kappa shape index (κ1) is 23.1. The van der Waals surface area contributed by atoms with Crippen LogP contribution in [-0.2, 0) is 21.5 Å². The van der Waals surface area contributed by atoms with Crippen molar-refractivity contribution in [2.45, 2.75) is 16.6 Å². The highest BCUT2D eigenvalue weighted by Gasteiger charge is 2.49. The third-order valence-corrected chi connectivity index (χ3v) is 7.77. The van der Waals surface area contributed by atoms with Crippen molar-refractivity contribution in [2.75, 3.05) is 24.3 Å². The zero-order valence-electron chi connectivity index (χ0n) is 17.3. The van der Waals surface area contributed by atoms with Gasteiger partial charge in [-0.15, -0.1) is 28.2 Å². The number of anilines is 1. The molecule has 0 radical (unpaired) electrons. The molecule has 16 heteroatoms. The Kier molecular flexibility index (Phi) is 6.57. The van der Waals surface area contributed by atoms with E-state index < -0.39 is 23.4 Å². The van der Waals surface area contributed by atoms with Crippen molar-refractivity contribution in [1.82, 2.24) is 30.0 Å². The molecule has 13 nitrogen and oxygen atoms in total. The Bertz CT molecular complexity index is 1230. The smallest absolute Gasteiger partial charge is 0.336 e. The minimum absolute atomic E-state index is 0.0641. The number of nitrogens with zero attached hydrogens (tertiary/aromatic N) is 6. The lowest BCUT2D eigenvalue weighted by atomic mass is 10.1. The molecule has 0 spiro atoms. The molecular weight excluding hydrogens is 492 g/mol. The summed E-state index contributed by atoms with van der Waals surface area (Å²) < 4.78 is 1.32. The first-order valence-electron chi connectivity index (χ1n) is 9.32. The number of β-lactam (4-membered cyclic amide) rings is 1. The summed E-state index contributed by atoms with van der Waals surface area (Å²) in [5, 5.41) is 21.4. The van der Waals surface area contributed by atoms with Gasteiger partial charge in [0.05, 0.1) is 0 Å². The van der Waals surface area contributed by atoms with Crippen LogP contribution in [0.1, 0.15) is 5.69 Å². The molecular formula is C17H18N8O5S3. The van der Waals surface area contributed by atoms with Crippen LogP contribution >= 0.6 is 34.9 Å². The number of nitrogens with two attached hydrogens (primary N) is 1. The Hall–Kier alpha value is -3.11. The average molecular weight is 511 g/mol. The van der Waals surface area contributed by atoms with Crippen molar-refractivity contribution in [3.05, 3.63) is 33.2 Å². The molecule has 2 aliphatic heterocycles. The monoisotopic (exact) mass is 510 g/mol. The summed E-state index contributed by atoms with van der Waals surface area (Å²) in [4.78, 5) is 51.0. The largest absolute Gasteiger partial charge is 0.488 e. The molecule has 4 rings (SSSR count). The number of hydrogen-bond acceptors (Lipinski definition) is 13. The second-order valence-electron chi connectivity index (χ2n) is 6.81. The topological polar surface area (TPSA) is 178 Å². The number of amides is 2. The minimum atomic E-state index is -0.795. The molecule has 1 saturated heterocycles. The molecule has 0 aliphatic carbocycles. The number of fused-ring (bicyclic) bond motifs is 1. The lowest BCUT2D eigenvalue weighted by Gasteiger charge is -2.47. The zero-order chi connectivity index (χ0) is 23.7. The summed E-state index contributed by atoms with van der Waals surface area (Å²) in [6.45, 7) is 0. The fraction of sp³-hybridized carbons (Fsp3) is 0.353. The van der Waals surface area contributed by atoms with Crippen molar-refractivity contribution in [3.63, 3.8) is 0 Å². The number of thioether (sulfide) groups is 2. The number of aromatic hydroxyl groups is 1. The highest BCUT2D eigenvalue weighted by atomic mass is 32.2. The molecule has 33 heavy (non-hydrogen) atoms. The number of nitrogen functional groups attached to an aromatic ring is 1. The van der Waals surface area contributed by atoms with Crippen LogP contribution in [0.4, 0.5) is 5.13 Å². The number of carbonyl (C=O) groups is 2. The van der Waals surface area contributed by atoms with E-state index in [1.54, 1.807) is 23.5 Å². The third kappa shape index (κ3) is 4.67. The standard InChI is InChI=1S/C17H18N8O5S3/c1-24-17(21-12(27)13(28)22-24)33-5-7-3-25-14(29)10(15(25)31-4-7)20-11(26)9(23-30-2)8-6-32-16(18)19-8/h3,6,10,15H,4-5H2,1-2H3,(H2,18,19)(H,20,26)(H,22,28)/b23-9-/t10-,15-/m1/s1. The van der Waals surface area contributed by atoms with Gasteiger partial charge < -0.3 is 25.9 Å². The molecule has 2 aliphatic rings. The van der Waals surface area contributed by atoms with Gasteiger partial charge in [0.1, 0.15) is 24.2 Å². The van der Waals surface area contributed by atoms with Gasteiger partial charge >= 0.3 is 5.56 Å². The van der Waals surface area contributed by atoms with Crippen LogP contribution in [0.15, 0.2) is 32.3 Å². The molecule has 2 aromatic heterocycles. The molecule has 0 unspecified atom stereocenters. The van der Waals surface area contributed by atoms with E-state index >= 15 is 0 Å². The minimum Gasteiger partial charge on any atom is -0.488 e. The van der Waals surface area contributed by atoms with E-state index in [-0.39, 0.29) is 27.8 Å². The van der Waals surface area contributed by atoms with Gasteiger partial charge in [0, 0.05) is 30.1 Å². The predicted octanol–water partition coefficient (Wildman–Crippen LogP) is -0.654. The van der Waals surface area contributed by atoms with Crippen LogP contribution in [0.2, 0.25) is 0 Å².